The summed E-state index contributed by atoms with van der Waals surface area (Å²) in [6.07, 6.45) is -2.29. The number of carbonyl (C=O) groups excluding carboxylic acids is 2. The molecule has 33 heavy (non-hydrogen) atoms. The molecule has 13 heteroatoms. The number of nitrogens with zero attached hydrogens (tertiary/aromatic N) is 3. The van der Waals surface area contributed by atoms with Crippen molar-refractivity contribution in [2.45, 2.75) is 18.4 Å². The first kappa shape index (κ1) is 24.7. The summed E-state index contributed by atoms with van der Waals surface area (Å²) in [5.74, 6) is -4.95. The van der Waals surface area contributed by atoms with Crippen molar-refractivity contribution in [3.8, 4) is 0 Å². The number of carboxylic acids is 2. The number of anilines is 1. The van der Waals surface area contributed by atoms with Crippen molar-refractivity contribution in [1.82, 2.24) is 9.80 Å². The summed E-state index contributed by atoms with van der Waals surface area (Å²) in [6.45, 7) is 3.37. The van der Waals surface area contributed by atoms with Crippen LogP contribution in [0.25, 0.3) is 0 Å². The molecule has 3 rings (SSSR count). The molecule has 0 aromatic heterocycles. The van der Waals surface area contributed by atoms with E-state index >= 15 is 0 Å². The average molecular weight is 486 g/mol. The van der Waals surface area contributed by atoms with Gasteiger partial charge in [-0.3, -0.25) is 14.5 Å². The van der Waals surface area contributed by atoms with Crippen LogP contribution in [0.4, 0.5) is 5.69 Å². The molecule has 0 spiro atoms. The number of carbonyl (C=O) groups is 4. The van der Waals surface area contributed by atoms with Gasteiger partial charge >= 0.3 is 17.9 Å². The molecular formula is C20H24ClN3O9. The van der Waals surface area contributed by atoms with Crippen LogP contribution < -0.4 is 5.06 Å². The van der Waals surface area contributed by atoms with Crippen LogP contribution in [0.2, 0.25) is 5.02 Å². The predicted molar refractivity (Wildman–Crippen MR) is 113 cm³/mol. The van der Waals surface area contributed by atoms with Crippen LogP contribution in [0.1, 0.15) is 23.2 Å². The Balaban J connectivity index is 1.76. The van der Waals surface area contributed by atoms with Gasteiger partial charge in [0.2, 0.25) is 0 Å². The highest BCUT2D eigenvalue weighted by Crippen LogP contribution is 2.31. The maximum Gasteiger partial charge on any atom is 0.336 e. The quantitative estimate of drug-likeness (QED) is 0.433. The average Bonchev–Trinajstić information content (AvgIpc) is 2.74. The number of halogens is 1. The number of aliphatic carboxylic acids is 2. The summed E-state index contributed by atoms with van der Waals surface area (Å²) in [6, 6.07) is 4.40. The third kappa shape index (κ3) is 6.11. The minimum atomic E-state index is -2.84. The van der Waals surface area contributed by atoms with Crippen molar-refractivity contribution in [3.63, 3.8) is 0 Å². The number of hydroxylamine groups is 1. The van der Waals surface area contributed by atoms with E-state index in [0.29, 0.717) is 31.3 Å². The van der Waals surface area contributed by atoms with Gasteiger partial charge in [-0.2, -0.15) is 5.06 Å². The van der Waals surface area contributed by atoms with Crippen molar-refractivity contribution in [2.24, 2.45) is 0 Å². The molecule has 2 heterocycles. The lowest BCUT2D eigenvalue weighted by Gasteiger charge is -2.38. The Bertz CT molecular complexity index is 937. The monoisotopic (exact) mass is 485 g/mol. The van der Waals surface area contributed by atoms with E-state index in [1.54, 1.807) is 0 Å². The molecule has 1 atom stereocenters. The number of fused-ring (bicyclic) bond motifs is 1. The second-order valence-electron chi connectivity index (χ2n) is 7.75. The van der Waals surface area contributed by atoms with Crippen LogP contribution in [-0.4, -0.2) is 101 Å². The minimum Gasteiger partial charge on any atom is -0.481 e. The van der Waals surface area contributed by atoms with Gasteiger partial charge in [0.25, 0.3) is 5.91 Å². The van der Waals surface area contributed by atoms with Gasteiger partial charge in [-0.25, -0.2) is 9.59 Å². The number of aliphatic hydroxyl groups is 1. The van der Waals surface area contributed by atoms with E-state index in [1.807, 2.05) is 0 Å². The third-order valence-corrected chi connectivity index (χ3v) is 5.56. The Labute approximate surface area is 193 Å². The normalized spacial score (nSPS) is 18.4. The van der Waals surface area contributed by atoms with Gasteiger partial charge in [0, 0.05) is 31.2 Å². The maximum absolute atomic E-state index is 13.0. The molecule has 1 unspecified atom stereocenters. The molecule has 0 bridgehead atoms. The first-order chi connectivity index (χ1) is 15.6. The van der Waals surface area contributed by atoms with Crippen LogP contribution in [0.15, 0.2) is 18.2 Å². The van der Waals surface area contributed by atoms with E-state index in [2.05, 4.69) is 4.90 Å². The van der Waals surface area contributed by atoms with E-state index in [4.69, 9.17) is 26.3 Å². The Morgan fingerprint density at radius 2 is 1.82 bits per heavy atom. The van der Waals surface area contributed by atoms with Gasteiger partial charge in [-0.15, -0.1) is 0 Å². The van der Waals surface area contributed by atoms with E-state index in [1.165, 1.54) is 23.1 Å². The fourth-order valence-electron chi connectivity index (χ4n) is 3.56. The lowest BCUT2D eigenvalue weighted by Crippen LogP contribution is -2.51. The summed E-state index contributed by atoms with van der Waals surface area (Å²) >= 11 is 6.04. The van der Waals surface area contributed by atoms with Crippen LogP contribution in [0.3, 0.4) is 0 Å². The number of rotatable bonds is 9. The SMILES string of the molecule is O=C(O)CC(O)(CC(=O)ON1CN(CCN2CCOCC2)C(=O)c2cc(Cl)ccc21)C(=O)O. The highest BCUT2D eigenvalue weighted by Gasteiger charge is 2.42. The number of hydrogen-bond donors (Lipinski definition) is 3. The molecule has 180 valence electrons. The lowest BCUT2D eigenvalue weighted by molar-refractivity contribution is -0.172. The molecule has 1 aromatic rings. The van der Waals surface area contributed by atoms with Crippen LogP contribution in [0.5, 0.6) is 0 Å². The summed E-state index contributed by atoms with van der Waals surface area (Å²) < 4.78 is 5.31. The number of benzene rings is 1. The molecule has 0 aliphatic carbocycles. The predicted octanol–water partition coefficient (Wildman–Crippen LogP) is 0.0306. The molecule has 0 saturated carbocycles. The van der Waals surface area contributed by atoms with Crippen molar-refractivity contribution in [2.75, 3.05) is 51.1 Å². The number of ether oxygens (including phenoxy) is 1. The Morgan fingerprint density at radius 1 is 1.12 bits per heavy atom. The number of morpholine rings is 1. The van der Waals surface area contributed by atoms with Crippen molar-refractivity contribution >= 4 is 41.1 Å². The number of amides is 1. The molecule has 1 saturated heterocycles. The summed E-state index contributed by atoms with van der Waals surface area (Å²) in [5, 5.41) is 29.6. The fraction of sp³-hybridized carbons (Fsp3) is 0.500. The van der Waals surface area contributed by atoms with Crippen molar-refractivity contribution < 1.29 is 44.1 Å². The Morgan fingerprint density at radius 3 is 2.45 bits per heavy atom. The zero-order chi connectivity index (χ0) is 24.2. The number of hydrogen-bond acceptors (Lipinski definition) is 9. The third-order valence-electron chi connectivity index (χ3n) is 5.32. The minimum absolute atomic E-state index is 0.145. The second kappa shape index (κ2) is 10.3. The summed E-state index contributed by atoms with van der Waals surface area (Å²) in [4.78, 5) is 56.5. The largest absolute Gasteiger partial charge is 0.481 e. The molecule has 12 nitrogen and oxygen atoms in total. The first-order valence-electron chi connectivity index (χ1n) is 10.1. The molecule has 1 amide bonds. The fourth-order valence-corrected chi connectivity index (χ4v) is 3.73. The summed E-state index contributed by atoms with van der Waals surface area (Å²) in [5.41, 5.74) is -2.42. The molecule has 2 aliphatic rings. The molecule has 1 fully saturated rings. The topological polar surface area (TPSA) is 157 Å². The van der Waals surface area contributed by atoms with Gasteiger partial charge in [-0.1, -0.05) is 11.6 Å². The van der Waals surface area contributed by atoms with Crippen LogP contribution in [0, 0.1) is 0 Å². The van der Waals surface area contributed by atoms with Gasteiger partial charge in [0.1, 0.15) is 6.67 Å². The molecule has 0 radical (unpaired) electrons. The summed E-state index contributed by atoms with van der Waals surface area (Å²) in [7, 11) is 0. The zero-order valence-corrected chi connectivity index (χ0v) is 18.4. The van der Waals surface area contributed by atoms with E-state index < -0.39 is 36.4 Å². The van der Waals surface area contributed by atoms with Gasteiger partial charge in [-0.05, 0) is 18.2 Å². The first-order valence-corrected chi connectivity index (χ1v) is 10.5. The smallest absolute Gasteiger partial charge is 0.336 e. The van der Waals surface area contributed by atoms with Gasteiger partial charge in [0.15, 0.2) is 5.60 Å². The highest BCUT2D eigenvalue weighted by molar-refractivity contribution is 6.31. The van der Waals surface area contributed by atoms with Crippen LogP contribution >= 0.6 is 11.6 Å². The lowest BCUT2D eigenvalue weighted by atomic mass is 9.96. The Hall–Kier alpha value is -2.93. The van der Waals surface area contributed by atoms with Gasteiger partial charge < -0.3 is 29.8 Å². The van der Waals surface area contributed by atoms with Crippen molar-refractivity contribution in [3.05, 3.63) is 28.8 Å². The molecule has 1 aromatic carbocycles. The second-order valence-corrected chi connectivity index (χ2v) is 8.19. The van der Waals surface area contributed by atoms with E-state index in [9.17, 15) is 29.4 Å². The highest BCUT2D eigenvalue weighted by atomic mass is 35.5. The maximum atomic E-state index is 13.0. The zero-order valence-electron chi connectivity index (χ0n) is 17.6. The molecular weight excluding hydrogens is 462 g/mol. The standard InChI is InChI=1S/C20H24ClN3O9/c21-13-1-2-15-14(9-13)18(28)23(4-3-22-5-7-32-8-6-22)12-24(15)33-17(27)11-20(31,19(29)30)10-16(25)26/h1-2,9,31H,3-8,10-12H2,(H,25,26)(H,29,30). The van der Waals surface area contributed by atoms with Gasteiger partial charge in [0.05, 0.1) is 37.3 Å². The van der Waals surface area contributed by atoms with E-state index in [-0.39, 0.29) is 23.8 Å². The van der Waals surface area contributed by atoms with Crippen molar-refractivity contribution in [1.29, 1.82) is 0 Å². The van der Waals surface area contributed by atoms with Crippen LogP contribution in [-0.2, 0) is 24.0 Å². The molecule has 2 aliphatic heterocycles. The number of carboxylic acid groups (broad SMARTS) is 2. The molecule has 3 N–H and O–H groups in total. The Kier molecular flexibility index (Phi) is 7.74. The van der Waals surface area contributed by atoms with E-state index in [0.717, 1.165) is 18.2 Å².